The second kappa shape index (κ2) is 9.69. The molecule has 0 radical (unpaired) electrons. The molecule has 7 nitrogen and oxygen atoms in total. The largest absolute Gasteiger partial charge is 0.468 e. The SMILES string of the molecule is COC(=O)[C@@]1(C/C=C/C(=O)OC(C)(C)C)c2ccccc2N2C(=O)CC[C@](C)(O[Si](C)(C)C(C)(C)C)[C@H]21. The van der Waals surface area contributed by atoms with Crippen LogP contribution in [0.3, 0.4) is 0 Å². The zero-order valence-electron chi connectivity index (χ0n) is 24.1. The maximum absolute atomic E-state index is 13.9. The van der Waals surface area contributed by atoms with Crippen molar-refractivity contribution in [3.05, 3.63) is 42.0 Å². The number of para-hydroxylation sites is 1. The van der Waals surface area contributed by atoms with Crippen LogP contribution in [0.5, 0.6) is 0 Å². The number of ether oxygens (including phenoxy) is 2. The highest BCUT2D eigenvalue weighted by Crippen LogP contribution is 2.57. The number of benzene rings is 1. The number of hydrogen-bond donors (Lipinski definition) is 0. The van der Waals surface area contributed by atoms with E-state index in [1.54, 1.807) is 31.7 Å². The molecule has 3 atom stereocenters. The van der Waals surface area contributed by atoms with Gasteiger partial charge in [0.25, 0.3) is 0 Å². The summed E-state index contributed by atoms with van der Waals surface area (Å²) in [5, 5.41) is -0.0711. The number of piperidine rings is 1. The minimum absolute atomic E-state index is 0.0457. The van der Waals surface area contributed by atoms with E-state index in [-0.39, 0.29) is 17.4 Å². The van der Waals surface area contributed by atoms with Gasteiger partial charge in [0.15, 0.2) is 8.32 Å². The second-order valence-corrected chi connectivity index (χ2v) is 17.7. The summed E-state index contributed by atoms with van der Waals surface area (Å²) in [5.74, 6) is -0.993. The van der Waals surface area contributed by atoms with Crippen molar-refractivity contribution in [1.29, 1.82) is 0 Å². The molecule has 1 aromatic rings. The van der Waals surface area contributed by atoms with Gasteiger partial charge in [0.2, 0.25) is 5.91 Å². The maximum atomic E-state index is 13.9. The van der Waals surface area contributed by atoms with Crippen LogP contribution in [0.1, 0.15) is 73.3 Å². The van der Waals surface area contributed by atoms with E-state index in [9.17, 15) is 14.4 Å². The minimum Gasteiger partial charge on any atom is -0.468 e. The number of hydrogen-bond acceptors (Lipinski definition) is 6. The van der Waals surface area contributed by atoms with Crippen LogP contribution >= 0.6 is 0 Å². The van der Waals surface area contributed by atoms with Crippen molar-refractivity contribution in [3.8, 4) is 0 Å². The van der Waals surface area contributed by atoms with Crippen LogP contribution in [0, 0.1) is 0 Å². The molecule has 0 spiro atoms. The lowest BCUT2D eigenvalue weighted by Gasteiger charge is -2.54. The molecule has 0 bridgehead atoms. The Morgan fingerprint density at radius 2 is 1.76 bits per heavy atom. The summed E-state index contributed by atoms with van der Waals surface area (Å²) in [7, 11) is -0.951. The van der Waals surface area contributed by atoms with E-state index in [0.29, 0.717) is 24.1 Å². The summed E-state index contributed by atoms with van der Waals surface area (Å²) in [4.78, 5) is 41.6. The van der Waals surface area contributed by atoms with Crippen LogP contribution < -0.4 is 4.90 Å². The van der Waals surface area contributed by atoms with Crippen molar-refractivity contribution in [1.82, 2.24) is 0 Å². The van der Waals surface area contributed by atoms with E-state index >= 15 is 0 Å². The summed E-state index contributed by atoms with van der Waals surface area (Å²) in [5.41, 5.74) is -1.30. The molecule has 0 saturated carbocycles. The van der Waals surface area contributed by atoms with Gasteiger partial charge in [0, 0.05) is 18.2 Å². The Balaban J connectivity index is 2.20. The number of nitrogens with zero attached hydrogens (tertiary/aromatic N) is 1. The number of fused-ring (bicyclic) bond motifs is 3. The number of amides is 1. The third-order valence-corrected chi connectivity index (χ3v) is 12.6. The first-order chi connectivity index (χ1) is 16.9. The first-order valence-corrected chi connectivity index (χ1v) is 15.9. The number of esters is 2. The Morgan fingerprint density at radius 3 is 2.32 bits per heavy atom. The van der Waals surface area contributed by atoms with Gasteiger partial charge in [-0.05, 0) is 70.3 Å². The van der Waals surface area contributed by atoms with Gasteiger partial charge in [-0.1, -0.05) is 45.0 Å². The Morgan fingerprint density at radius 1 is 1.14 bits per heavy atom. The average Bonchev–Trinajstić information content (AvgIpc) is 3.07. The van der Waals surface area contributed by atoms with Crippen LogP contribution in [-0.4, -0.2) is 50.5 Å². The third kappa shape index (κ3) is 5.28. The van der Waals surface area contributed by atoms with Crippen LogP contribution in [-0.2, 0) is 33.7 Å². The van der Waals surface area contributed by atoms with E-state index in [2.05, 4.69) is 33.9 Å². The lowest BCUT2D eigenvalue weighted by Crippen LogP contribution is -2.68. The number of rotatable bonds is 6. The molecular formula is C29H43NO6Si. The molecule has 204 valence electrons. The predicted octanol–water partition coefficient (Wildman–Crippen LogP) is 5.67. The summed E-state index contributed by atoms with van der Waals surface area (Å²) < 4.78 is 18.0. The number of allylic oxidation sites excluding steroid dienone is 1. The van der Waals surface area contributed by atoms with Crippen molar-refractivity contribution in [2.75, 3.05) is 12.0 Å². The van der Waals surface area contributed by atoms with E-state index in [0.717, 1.165) is 0 Å². The smallest absolute Gasteiger partial charge is 0.330 e. The molecule has 0 aromatic heterocycles. The first kappa shape index (κ1) is 29.1. The summed E-state index contributed by atoms with van der Waals surface area (Å²) in [6, 6.07) is 6.85. The number of carbonyl (C=O) groups excluding carboxylic acids is 3. The summed E-state index contributed by atoms with van der Waals surface area (Å²) >= 11 is 0. The van der Waals surface area contributed by atoms with Gasteiger partial charge in [0.05, 0.1) is 18.8 Å². The fraction of sp³-hybridized carbons (Fsp3) is 0.621. The van der Waals surface area contributed by atoms with Gasteiger partial charge >= 0.3 is 11.9 Å². The highest BCUT2D eigenvalue weighted by molar-refractivity contribution is 6.74. The van der Waals surface area contributed by atoms with Crippen LogP contribution in [0.15, 0.2) is 36.4 Å². The molecule has 1 saturated heterocycles. The minimum atomic E-state index is -2.32. The lowest BCUT2D eigenvalue weighted by molar-refractivity contribution is -0.153. The van der Waals surface area contributed by atoms with Crippen molar-refractivity contribution in [2.45, 2.75) is 109 Å². The highest BCUT2D eigenvalue weighted by atomic mass is 28.4. The van der Waals surface area contributed by atoms with Crippen molar-refractivity contribution >= 4 is 31.9 Å². The summed E-state index contributed by atoms with van der Waals surface area (Å²) in [6.07, 6.45) is 3.98. The van der Waals surface area contributed by atoms with Crippen molar-refractivity contribution < 1.29 is 28.3 Å². The number of methoxy groups -OCH3 is 1. The monoisotopic (exact) mass is 529 g/mol. The molecule has 2 aliphatic rings. The predicted molar refractivity (Wildman–Crippen MR) is 147 cm³/mol. The van der Waals surface area contributed by atoms with Gasteiger partial charge in [0.1, 0.15) is 11.0 Å². The topological polar surface area (TPSA) is 82.1 Å². The molecule has 37 heavy (non-hydrogen) atoms. The van der Waals surface area contributed by atoms with Crippen molar-refractivity contribution in [3.63, 3.8) is 0 Å². The highest BCUT2D eigenvalue weighted by Gasteiger charge is 2.66. The van der Waals surface area contributed by atoms with Crippen LogP contribution in [0.25, 0.3) is 0 Å². The maximum Gasteiger partial charge on any atom is 0.330 e. The molecule has 1 fully saturated rings. The molecule has 3 rings (SSSR count). The Labute approximate surface area is 222 Å². The third-order valence-electron chi connectivity index (χ3n) is 8.00. The quantitative estimate of drug-likeness (QED) is 0.268. The van der Waals surface area contributed by atoms with E-state index in [1.807, 2.05) is 31.2 Å². The van der Waals surface area contributed by atoms with Gasteiger partial charge in [-0.3, -0.25) is 9.59 Å². The average molecular weight is 530 g/mol. The van der Waals surface area contributed by atoms with Crippen molar-refractivity contribution in [2.24, 2.45) is 0 Å². The number of anilines is 1. The molecule has 2 heterocycles. The normalized spacial score (nSPS) is 26.2. The van der Waals surface area contributed by atoms with Gasteiger partial charge in [-0.2, -0.15) is 0 Å². The zero-order valence-corrected chi connectivity index (χ0v) is 25.1. The molecule has 0 aliphatic carbocycles. The fourth-order valence-electron chi connectivity index (χ4n) is 5.48. The molecular weight excluding hydrogens is 486 g/mol. The zero-order chi connectivity index (χ0) is 28.0. The second-order valence-electron chi connectivity index (χ2n) is 13.0. The van der Waals surface area contributed by atoms with Gasteiger partial charge < -0.3 is 18.8 Å². The van der Waals surface area contributed by atoms with E-state index < -0.39 is 42.9 Å². The Bertz CT molecular complexity index is 1100. The van der Waals surface area contributed by atoms with Gasteiger partial charge in [-0.25, -0.2) is 4.79 Å². The first-order valence-electron chi connectivity index (χ1n) is 13.0. The molecule has 2 aliphatic heterocycles. The Hall–Kier alpha value is -2.45. The lowest BCUT2D eigenvalue weighted by atomic mass is 9.66. The Kier molecular flexibility index (Phi) is 7.63. The molecule has 8 heteroatoms. The molecule has 1 amide bonds. The number of carbonyl (C=O) groups is 3. The van der Waals surface area contributed by atoms with Crippen LogP contribution in [0.2, 0.25) is 18.1 Å². The van der Waals surface area contributed by atoms with E-state index in [4.69, 9.17) is 13.9 Å². The molecule has 1 aromatic carbocycles. The van der Waals surface area contributed by atoms with Gasteiger partial charge in [-0.15, -0.1) is 0 Å². The van der Waals surface area contributed by atoms with Crippen LogP contribution in [0.4, 0.5) is 5.69 Å². The van der Waals surface area contributed by atoms with E-state index in [1.165, 1.54) is 13.2 Å². The standard InChI is InChI=1S/C29H43NO6Si/c1-26(2,3)35-23(32)16-13-18-29(25(33)34-8)20-14-11-12-15-21(20)30-22(31)17-19-28(7,24(29)30)36-37(9,10)27(4,5)6/h11-16,24H,17-19H2,1-10H3/b16-13+/t24-,28-,29-/m0/s1. The molecule has 0 N–H and O–H groups in total. The fourth-order valence-corrected chi connectivity index (χ4v) is 7.17. The molecule has 0 unspecified atom stereocenters. The summed E-state index contributed by atoms with van der Waals surface area (Å²) in [6.45, 7) is 18.3.